The molecule has 1 atom stereocenters. The summed E-state index contributed by atoms with van der Waals surface area (Å²) in [5.74, 6) is -2.88. The maximum Gasteiger partial charge on any atom is 0.240 e. The average Bonchev–Trinajstić information content (AvgIpc) is 2.53. The number of halogens is 2. The third kappa shape index (κ3) is 5.39. The van der Waals surface area contributed by atoms with E-state index < -0.39 is 29.5 Å². The molecule has 2 amide bonds. The highest BCUT2D eigenvalue weighted by atomic mass is 19.1. The van der Waals surface area contributed by atoms with Gasteiger partial charge in [-0.25, -0.2) is 8.78 Å². The van der Waals surface area contributed by atoms with Crippen molar-refractivity contribution in [3.8, 4) is 6.07 Å². The summed E-state index contributed by atoms with van der Waals surface area (Å²) < 4.78 is 26.3. The Kier molecular flexibility index (Phi) is 5.79. The number of carbonyl (C=O) groups is 2. The second-order valence-electron chi connectivity index (χ2n) is 5.49. The Morgan fingerprint density at radius 3 is 2.20 bits per heavy atom. The van der Waals surface area contributed by atoms with Gasteiger partial charge in [-0.3, -0.25) is 9.59 Å². The van der Waals surface area contributed by atoms with E-state index in [1.54, 1.807) is 24.3 Å². The van der Waals surface area contributed by atoms with Gasteiger partial charge in [-0.2, -0.15) is 5.26 Å². The zero-order valence-corrected chi connectivity index (χ0v) is 13.1. The number of nitrogens with zero attached hydrogens (tertiary/aromatic N) is 1. The number of hydrogen-bond donors (Lipinski definition) is 2. The summed E-state index contributed by atoms with van der Waals surface area (Å²) in [7, 11) is 0. The number of nitrogens with two attached hydrogens (primary N) is 1. The van der Waals surface area contributed by atoms with Crippen LogP contribution in [0.5, 0.6) is 0 Å². The maximum atomic E-state index is 13.1. The van der Waals surface area contributed by atoms with Gasteiger partial charge in [0.25, 0.3) is 0 Å². The molecule has 2 aromatic carbocycles. The van der Waals surface area contributed by atoms with E-state index in [9.17, 15) is 18.4 Å². The first-order valence-electron chi connectivity index (χ1n) is 7.40. The van der Waals surface area contributed by atoms with Gasteiger partial charge in [0.05, 0.1) is 18.1 Å². The molecule has 3 N–H and O–H groups in total. The van der Waals surface area contributed by atoms with Gasteiger partial charge in [-0.15, -0.1) is 0 Å². The van der Waals surface area contributed by atoms with Crippen molar-refractivity contribution >= 4 is 11.8 Å². The third-order valence-corrected chi connectivity index (χ3v) is 3.49. The summed E-state index contributed by atoms with van der Waals surface area (Å²) in [5, 5.41) is 11.2. The predicted octanol–water partition coefficient (Wildman–Crippen LogP) is 1.59. The Hall–Kier alpha value is -3.27. The van der Waals surface area contributed by atoms with E-state index in [1.807, 2.05) is 6.07 Å². The van der Waals surface area contributed by atoms with Crippen molar-refractivity contribution in [2.45, 2.75) is 18.9 Å². The molecule has 0 saturated carbocycles. The van der Waals surface area contributed by atoms with Gasteiger partial charge in [0.15, 0.2) is 0 Å². The van der Waals surface area contributed by atoms with Crippen LogP contribution in [0.3, 0.4) is 0 Å². The Balaban J connectivity index is 2.03. The van der Waals surface area contributed by atoms with Crippen molar-refractivity contribution in [3.05, 3.63) is 70.8 Å². The van der Waals surface area contributed by atoms with E-state index in [0.29, 0.717) is 17.2 Å². The van der Waals surface area contributed by atoms with Crippen LogP contribution in [-0.4, -0.2) is 17.9 Å². The van der Waals surface area contributed by atoms with Gasteiger partial charge in [-0.05, 0) is 35.4 Å². The Morgan fingerprint density at radius 2 is 1.68 bits per heavy atom. The van der Waals surface area contributed by atoms with Gasteiger partial charge >= 0.3 is 0 Å². The molecule has 2 rings (SSSR count). The summed E-state index contributed by atoms with van der Waals surface area (Å²) in [5.41, 5.74) is 6.63. The lowest BCUT2D eigenvalue weighted by Gasteiger charge is -2.16. The van der Waals surface area contributed by atoms with Gasteiger partial charge in [-0.1, -0.05) is 12.1 Å². The standard InChI is InChI=1S/C18H15F2N3O2/c19-14-5-13(6-15(20)9-14)8-17(24)23-16(18(22)25)7-11-1-3-12(10-21)4-2-11/h1-6,9,16H,7-8H2,(H2,22,25)(H,23,24)/t16-/m0/s1. The molecule has 0 radical (unpaired) electrons. The normalized spacial score (nSPS) is 11.4. The molecular weight excluding hydrogens is 328 g/mol. The van der Waals surface area contributed by atoms with E-state index in [4.69, 9.17) is 11.0 Å². The fourth-order valence-electron chi connectivity index (χ4n) is 2.32. The Bertz CT molecular complexity index is 809. The van der Waals surface area contributed by atoms with Crippen LogP contribution in [-0.2, 0) is 22.4 Å². The van der Waals surface area contributed by atoms with Crippen LogP contribution in [0.2, 0.25) is 0 Å². The van der Waals surface area contributed by atoms with Gasteiger partial charge in [0, 0.05) is 12.5 Å². The van der Waals surface area contributed by atoms with Crippen molar-refractivity contribution in [2.75, 3.05) is 0 Å². The number of hydrogen-bond acceptors (Lipinski definition) is 3. The minimum absolute atomic E-state index is 0.143. The third-order valence-electron chi connectivity index (χ3n) is 3.49. The van der Waals surface area contributed by atoms with Gasteiger partial charge < -0.3 is 11.1 Å². The highest BCUT2D eigenvalue weighted by molar-refractivity contribution is 5.87. The molecule has 25 heavy (non-hydrogen) atoms. The number of carbonyl (C=O) groups excluding carboxylic acids is 2. The molecule has 0 fully saturated rings. The number of amides is 2. The molecule has 0 aliphatic rings. The monoisotopic (exact) mass is 343 g/mol. The smallest absolute Gasteiger partial charge is 0.240 e. The average molecular weight is 343 g/mol. The van der Waals surface area contributed by atoms with Crippen LogP contribution in [0.25, 0.3) is 0 Å². The summed E-state index contributed by atoms with van der Waals surface area (Å²) in [6.45, 7) is 0. The first-order chi connectivity index (χ1) is 11.9. The van der Waals surface area contributed by atoms with Gasteiger partial charge in [0.1, 0.15) is 17.7 Å². The molecule has 0 spiro atoms. The quantitative estimate of drug-likeness (QED) is 0.834. The molecule has 0 aliphatic carbocycles. The Morgan fingerprint density at radius 1 is 1.08 bits per heavy atom. The van der Waals surface area contributed by atoms with Crippen LogP contribution < -0.4 is 11.1 Å². The van der Waals surface area contributed by atoms with Crippen LogP contribution in [0.4, 0.5) is 8.78 Å². The minimum Gasteiger partial charge on any atom is -0.368 e. The van der Waals surface area contributed by atoms with E-state index in [2.05, 4.69) is 5.32 Å². The van der Waals surface area contributed by atoms with Crippen molar-refractivity contribution in [1.82, 2.24) is 5.32 Å². The predicted molar refractivity (Wildman–Crippen MR) is 86.0 cm³/mol. The lowest BCUT2D eigenvalue weighted by Crippen LogP contribution is -2.46. The van der Waals surface area contributed by atoms with Gasteiger partial charge in [0.2, 0.25) is 11.8 Å². The largest absolute Gasteiger partial charge is 0.368 e. The molecule has 0 heterocycles. The zero-order chi connectivity index (χ0) is 18.4. The highest BCUT2D eigenvalue weighted by Crippen LogP contribution is 2.10. The van der Waals surface area contributed by atoms with E-state index in [0.717, 1.165) is 12.1 Å². The highest BCUT2D eigenvalue weighted by Gasteiger charge is 2.19. The fourth-order valence-corrected chi connectivity index (χ4v) is 2.32. The van der Waals surface area contributed by atoms with E-state index >= 15 is 0 Å². The number of nitriles is 1. The first-order valence-corrected chi connectivity index (χ1v) is 7.40. The molecule has 0 bridgehead atoms. The van der Waals surface area contributed by atoms with Crippen LogP contribution in [0.1, 0.15) is 16.7 Å². The number of nitrogens with one attached hydrogen (secondary N) is 1. The fraction of sp³-hybridized carbons (Fsp3) is 0.167. The summed E-state index contributed by atoms with van der Waals surface area (Å²) in [4.78, 5) is 23.6. The molecule has 5 nitrogen and oxygen atoms in total. The second kappa shape index (κ2) is 8.02. The van der Waals surface area contributed by atoms with Crippen LogP contribution in [0, 0.1) is 23.0 Å². The molecule has 0 aliphatic heterocycles. The van der Waals surface area contributed by atoms with Crippen molar-refractivity contribution < 1.29 is 18.4 Å². The Labute approximate surface area is 143 Å². The lowest BCUT2D eigenvalue weighted by molar-refractivity contribution is -0.127. The van der Waals surface area contributed by atoms with Crippen molar-refractivity contribution in [2.24, 2.45) is 5.73 Å². The molecular formula is C18H15F2N3O2. The number of primary amides is 1. The maximum absolute atomic E-state index is 13.1. The molecule has 7 heteroatoms. The number of benzene rings is 2. The van der Waals surface area contributed by atoms with E-state index in [-0.39, 0.29) is 18.4 Å². The topological polar surface area (TPSA) is 96.0 Å². The molecule has 2 aromatic rings. The lowest BCUT2D eigenvalue weighted by atomic mass is 10.0. The summed E-state index contributed by atoms with van der Waals surface area (Å²) in [6.07, 6.45) is -0.143. The zero-order valence-electron chi connectivity index (χ0n) is 13.1. The van der Waals surface area contributed by atoms with Crippen molar-refractivity contribution in [1.29, 1.82) is 5.26 Å². The summed E-state index contributed by atoms with van der Waals surface area (Å²) >= 11 is 0. The first kappa shape index (κ1) is 18.1. The molecule has 0 aromatic heterocycles. The molecule has 0 saturated heterocycles. The number of rotatable bonds is 6. The SMILES string of the molecule is N#Cc1ccc(C[C@H](NC(=O)Cc2cc(F)cc(F)c2)C(N)=O)cc1. The second-order valence-corrected chi connectivity index (χ2v) is 5.49. The van der Waals surface area contributed by atoms with Crippen LogP contribution in [0.15, 0.2) is 42.5 Å². The van der Waals surface area contributed by atoms with E-state index in [1.165, 1.54) is 0 Å². The minimum atomic E-state index is -0.973. The van der Waals surface area contributed by atoms with Crippen molar-refractivity contribution in [3.63, 3.8) is 0 Å². The van der Waals surface area contributed by atoms with Crippen LogP contribution >= 0.6 is 0 Å². The molecule has 0 unspecified atom stereocenters. The molecule has 128 valence electrons. The summed E-state index contributed by atoms with van der Waals surface area (Å²) in [6, 6.07) is 10.3.